The van der Waals surface area contributed by atoms with E-state index in [0.29, 0.717) is 17.7 Å². The lowest BCUT2D eigenvalue weighted by Gasteiger charge is -2.25. The number of nitro benzene ring substituents is 1. The van der Waals surface area contributed by atoms with Crippen LogP contribution in [0.3, 0.4) is 0 Å². The molecule has 5 rings (SSSR count). The topological polar surface area (TPSA) is 126 Å². The van der Waals surface area contributed by atoms with Crippen LogP contribution in [-0.2, 0) is 16.0 Å². The minimum Gasteiger partial charge on any atom is -0.507 e. The molecular formula is C28H23N3O6. The Hall–Kier alpha value is -4.92. The number of aromatic amines is 1. The number of hydrogen-bond donors (Lipinski definition) is 2. The third-order valence-corrected chi connectivity index (χ3v) is 6.61. The molecule has 0 unspecified atom stereocenters. The minimum atomic E-state index is -1.12. The SMILES string of the molecule is COc1ccc2[nH]cc(CCN3C(=O)C(=O)C(=C(O)c4ccccc4)[C@H]3c3ccccc3[N+](=O)[O-])c2c1. The van der Waals surface area contributed by atoms with Gasteiger partial charge in [-0.1, -0.05) is 42.5 Å². The number of fused-ring (bicyclic) bond motifs is 1. The van der Waals surface area contributed by atoms with Gasteiger partial charge in [0.15, 0.2) is 0 Å². The van der Waals surface area contributed by atoms with Crippen LogP contribution in [-0.4, -0.2) is 45.3 Å². The van der Waals surface area contributed by atoms with Crippen LogP contribution in [0.4, 0.5) is 5.69 Å². The molecule has 1 aromatic heterocycles. The average molecular weight is 498 g/mol. The number of nitrogens with zero attached hydrogens (tertiary/aromatic N) is 2. The third-order valence-electron chi connectivity index (χ3n) is 6.61. The Morgan fingerprint density at radius 1 is 1.08 bits per heavy atom. The van der Waals surface area contributed by atoms with Gasteiger partial charge in [0.2, 0.25) is 0 Å². The van der Waals surface area contributed by atoms with Crippen molar-refractivity contribution in [1.29, 1.82) is 0 Å². The van der Waals surface area contributed by atoms with Crippen LogP contribution in [0.25, 0.3) is 16.7 Å². The molecule has 2 N–H and O–H groups in total. The van der Waals surface area contributed by atoms with Gasteiger partial charge in [-0.25, -0.2) is 0 Å². The molecule has 3 aromatic carbocycles. The second-order valence-electron chi connectivity index (χ2n) is 8.65. The number of likely N-dealkylation sites (tertiary alicyclic amines) is 1. The molecule has 0 bridgehead atoms. The van der Waals surface area contributed by atoms with Gasteiger partial charge in [-0.2, -0.15) is 0 Å². The van der Waals surface area contributed by atoms with Gasteiger partial charge in [0.25, 0.3) is 17.4 Å². The summed E-state index contributed by atoms with van der Waals surface area (Å²) in [5.41, 5.74) is 1.86. The maximum absolute atomic E-state index is 13.3. The zero-order valence-electron chi connectivity index (χ0n) is 19.9. The Morgan fingerprint density at radius 2 is 1.81 bits per heavy atom. The molecule has 1 saturated heterocycles. The molecule has 9 heteroatoms. The molecule has 0 radical (unpaired) electrons. The second kappa shape index (κ2) is 9.62. The van der Waals surface area contributed by atoms with E-state index >= 15 is 0 Å². The smallest absolute Gasteiger partial charge is 0.295 e. The average Bonchev–Trinajstić information content (AvgIpc) is 3.44. The lowest BCUT2D eigenvalue weighted by atomic mass is 9.94. The number of aliphatic hydroxyl groups is 1. The first kappa shape index (κ1) is 23.8. The number of benzene rings is 3. The second-order valence-corrected chi connectivity index (χ2v) is 8.65. The summed E-state index contributed by atoms with van der Waals surface area (Å²) in [6, 6.07) is 18.8. The van der Waals surface area contributed by atoms with E-state index in [9.17, 15) is 24.8 Å². The van der Waals surface area contributed by atoms with Crippen LogP contribution in [0.15, 0.2) is 84.6 Å². The number of Topliss-reactive ketones (excluding diaryl/α,β-unsaturated/α-hetero) is 1. The molecule has 1 aliphatic heterocycles. The molecule has 1 amide bonds. The predicted octanol–water partition coefficient (Wildman–Crippen LogP) is 4.75. The highest BCUT2D eigenvalue weighted by Crippen LogP contribution is 2.42. The van der Waals surface area contributed by atoms with Gasteiger partial charge >= 0.3 is 0 Å². The first-order chi connectivity index (χ1) is 17.9. The van der Waals surface area contributed by atoms with E-state index in [1.807, 2.05) is 24.4 Å². The fourth-order valence-corrected chi connectivity index (χ4v) is 4.80. The number of ether oxygens (including phenoxy) is 1. The fourth-order valence-electron chi connectivity index (χ4n) is 4.80. The van der Waals surface area contributed by atoms with Crippen LogP contribution < -0.4 is 4.74 Å². The van der Waals surface area contributed by atoms with Gasteiger partial charge in [-0.15, -0.1) is 0 Å². The van der Waals surface area contributed by atoms with Crippen LogP contribution in [0.1, 0.15) is 22.7 Å². The number of carbonyl (C=O) groups is 2. The number of ketones is 1. The Bertz CT molecular complexity index is 1560. The number of nitrogens with one attached hydrogen (secondary N) is 1. The van der Waals surface area contributed by atoms with Gasteiger partial charge in [0.05, 0.1) is 29.2 Å². The Balaban J connectivity index is 1.60. The molecule has 37 heavy (non-hydrogen) atoms. The van der Waals surface area contributed by atoms with E-state index in [1.165, 1.54) is 23.1 Å². The van der Waals surface area contributed by atoms with Crippen molar-refractivity contribution in [3.8, 4) is 5.75 Å². The lowest BCUT2D eigenvalue weighted by molar-refractivity contribution is -0.385. The highest BCUT2D eigenvalue weighted by molar-refractivity contribution is 6.46. The number of aromatic nitrogens is 1. The van der Waals surface area contributed by atoms with Crippen LogP contribution in [0.2, 0.25) is 0 Å². The number of rotatable bonds is 7. The summed E-state index contributed by atoms with van der Waals surface area (Å²) in [5.74, 6) is -1.40. The molecular weight excluding hydrogens is 474 g/mol. The number of amides is 1. The third kappa shape index (κ3) is 4.20. The lowest BCUT2D eigenvalue weighted by Crippen LogP contribution is -2.32. The van der Waals surface area contributed by atoms with Crippen LogP contribution in [0, 0.1) is 10.1 Å². The summed E-state index contributed by atoms with van der Waals surface area (Å²) in [6.45, 7) is 0.0943. The van der Waals surface area contributed by atoms with Crippen molar-refractivity contribution < 1.29 is 24.4 Å². The predicted molar refractivity (Wildman–Crippen MR) is 137 cm³/mol. The monoisotopic (exact) mass is 497 g/mol. The molecule has 1 fully saturated rings. The van der Waals surface area contributed by atoms with Gasteiger partial charge in [0, 0.05) is 35.3 Å². The van der Waals surface area contributed by atoms with E-state index in [0.717, 1.165) is 16.5 Å². The minimum absolute atomic E-state index is 0.0943. The molecule has 1 atom stereocenters. The Labute approximate surface area is 211 Å². The molecule has 0 spiro atoms. The number of hydrogen-bond acceptors (Lipinski definition) is 6. The Kier molecular flexibility index (Phi) is 6.19. The summed E-state index contributed by atoms with van der Waals surface area (Å²) < 4.78 is 5.33. The van der Waals surface area contributed by atoms with Crippen LogP contribution in [0.5, 0.6) is 5.75 Å². The number of methoxy groups -OCH3 is 1. The van der Waals surface area contributed by atoms with Crippen molar-refractivity contribution in [2.75, 3.05) is 13.7 Å². The summed E-state index contributed by atoms with van der Waals surface area (Å²) in [5, 5.41) is 23.9. The maximum Gasteiger partial charge on any atom is 0.295 e. The van der Waals surface area contributed by atoms with Crippen molar-refractivity contribution in [2.45, 2.75) is 12.5 Å². The summed E-state index contributed by atoms with van der Waals surface area (Å²) >= 11 is 0. The number of aliphatic hydroxyl groups excluding tert-OH is 1. The molecule has 2 heterocycles. The van der Waals surface area contributed by atoms with Crippen molar-refractivity contribution in [2.24, 2.45) is 0 Å². The van der Waals surface area contributed by atoms with Gasteiger partial charge < -0.3 is 19.7 Å². The zero-order chi connectivity index (χ0) is 26.1. The largest absolute Gasteiger partial charge is 0.507 e. The van der Waals surface area contributed by atoms with E-state index in [4.69, 9.17) is 4.74 Å². The van der Waals surface area contributed by atoms with Crippen molar-refractivity contribution in [3.05, 3.63) is 111 Å². The molecule has 1 aliphatic rings. The van der Waals surface area contributed by atoms with Crippen molar-refractivity contribution in [1.82, 2.24) is 9.88 Å². The molecule has 186 valence electrons. The Morgan fingerprint density at radius 3 is 2.54 bits per heavy atom. The molecule has 4 aromatic rings. The van der Waals surface area contributed by atoms with Crippen molar-refractivity contribution in [3.63, 3.8) is 0 Å². The standard InChI is InChI=1S/C28H23N3O6/c1-37-19-11-12-22-21(15-19)18(16-29-22)13-14-30-25(20-9-5-6-10-23(20)31(35)36)24(27(33)28(30)34)26(32)17-7-3-2-4-8-17/h2-12,15-16,25,29,32H,13-14H2,1H3/t25-/m1/s1. The van der Waals surface area contributed by atoms with Gasteiger partial charge in [-0.05, 0) is 36.2 Å². The number of carbonyl (C=O) groups excluding carboxylic acids is 2. The summed E-state index contributed by atoms with van der Waals surface area (Å²) in [6.07, 6.45) is 2.19. The normalized spacial score (nSPS) is 16.9. The highest BCUT2D eigenvalue weighted by Gasteiger charge is 2.47. The zero-order valence-corrected chi connectivity index (χ0v) is 19.9. The first-order valence-electron chi connectivity index (χ1n) is 11.6. The number of para-hydroxylation sites is 1. The number of H-pyrrole nitrogens is 1. The maximum atomic E-state index is 13.3. The molecule has 0 aliphatic carbocycles. The number of nitro groups is 1. The van der Waals surface area contributed by atoms with E-state index in [-0.39, 0.29) is 29.1 Å². The van der Waals surface area contributed by atoms with Crippen LogP contribution >= 0.6 is 0 Å². The van der Waals surface area contributed by atoms with E-state index in [2.05, 4.69) is 4.98 Å². The fraction of sp³-hybridized carbons (Fsp3) is 0.143. The highest BCUT2D eigenvalue weighted by atomic mass is 16.6. The van der Waals surface area contributed by atoms with Gasteiger partial charge in [-0.3, -0.25) is 19.7 Å². The van der Waals surface area contributed by atoms with Crippen molar-refractivity contribution >= 4 is 34.0 Å². The molecule has 0 saturated carbocycles. The van der Waals surface area contributed by atoms with E-state index < -0.39 is 22.7 Å². The van der Waals surface area contributed by atoms with E-state index in [1.54, 1.807) is 43.5 Å². The summed E-state index contributed by atoms with van der Waals surface area (Å²) in [7, 11) is 1.58. The summed E-state index contributed by atoms with van der Waals surface area (Å²) in [4.78, 5) is 42.3. The quantitative estimate of drug-likeness (QED) is 0.125. The first-order valence-corrected chi connectivity index (χ1v) is 11.6. The van der Waals surface area contributed by atoms with Gasteiger partial charge in [0.1, 0.15) is 11.5 Å². The molecule has 9 nitrogen and oxygen atoms in total.